The van der Waals surface area contributed by atoms with E-state index in [1.54, 1.807) is 0 Å². The van der Waals surface area contributed by atoms with E-state index >= 15 is 0 Å². The van der Waals surface area contributed by atoms with Crippen molar-refractivity contribution >= 4 is 6.34 Å². The van der Waals surface area contributed by atoms with E-state index < -0.39 is 0 Å². The van der Waals surface area contributed by atoms with Crippen molar-refractivity contribution in [3.05, 3.63) is 0 Å². The van der Waals surface area contributed by atoms with Crippen molar-refractivity contribution < 1.29 is 0 Å². The minimum absolute atomic E-state index is 1.03. The SMILES string of the molecule is CCCN1C=NCCC1. The molecule has 1 heterocycles. The molecule has 0 atom stereocenters. The molecule has 2 heteroatoms. The summed E-state index contributed by atoms with van der Waals surface area (Å²) < 4.78 is 0. The van der Waals surface area contributed by atoms with Gasteiger partial charge >= 0.3 is 0 Å². The Hall–Kier alpha value is -0.530. The summed E-state index contributed by atoms with van der Waals surface area (Å²) in [6, 6.07) is 0. The fourth-order valence-electron chi connectivity index (χ4n) is 1.05. The lowest BCUT2D eigenvalue weighted by Crippen LogP contribution is -2.27. The Morgan fingerprint density at radius 1 is 1.67 bits per heavy atom. The van der Waals surface area contributed by atoms with Crippen LogP contribution >= 0.6 is 0 Å². The highest BCUT2D eigenvalue weighted by Gasteiger charge is 2.00. The van der Waals surface area contributed by atoms with Crippen molar-refractivity contribution in [2.45, 2.75) is 19.8 Å². The maximum atomic E-state index is 4.18. The Bertz CT molecular complexity index is 99.1. The molecule has 1 rings (SSSR count). The second-order valence-corrected chi connectivity index (χ2v) is 2.41. The topological polar surface area (TPSA) is 15.6 Å². The summed E-state index contributed by atoms with van der Waals surface area (Å²) in [6.07, 6.45) is 4.44. The van der Waals surface area contributed by atoms with Gasteiger partial charge in [0.2, 0.25) is 0 Å². The third-order valence-electron chi connectivity index (χ3n) is 1.49. The van der Waals surface area contributed by atoms with Crippen LogP contribution in [0.5, 0.6) is 0 Å². The molecule has 1 aliphatic rings. The van der Waals surface area contributed by atoms with Crippen LogP contribution in [0, 0.1) is 0 Å². The molecule has 0 unspecified atom stereocenters. The normalized spacial score (nSPS) is 18.6. The van der Waals surface area contributed by atoms with Gasteiger partial charge in [0.05, 0.1) is 6.34 Å². The molecule has 9 heavy (non-hydrogen) atoms. The number of nitrogens with zero attached hydrogens (tertiary/aromatic N) is 2. The van der Waals surface area contributed by atoms with Crippen molar-refractivity contribution in [3.8, 4) is 0 Å². The van der Waals surface area contributed by atoms with Gasteiger partial charge in [-0.25, -0.2) is 0 Å². The molecule has 0 aromatic rings. The number of aliphatic imine (C=N–C) groups is 1. The third-order valence-corrected chi connectivity index (χ3v) is 1.49. The summed E-state index contributed by atoms with van der Waals surface area (Å²) in [7, 11) is 0. The minimum atomic E-state index is 1.03. The molecule has 52 valence electrons. The fourth-order valence-corrected chi connectivity index (χ4v) is 1.05. The summed E-state index contributed by atoms with van der Waals surface area (Å²) in [5.74, 6) is 0. The lowest BCUT2D eigenvalue weighted by molar-refractivity contribution is 0.406. The van der Waals surface area contributed by atoms with Gasteiger partial charge in [-0.3, -0.25) is 4.99 Å². The van der Waals surface area contributed by atoms with Gasteiger partial charge in [-0.2, -0.15) is 0 Å². The Kier molecular flexibility index (Phi) is 2.55. The molecular formula is C7H14N2. The molecular weight excluding hydrogens is 112 g/mol. The fraction of sp³-hybridized carbons (Fsp3) is 0.857. The maximum Gasteiger partial charge on any atom is 0.0849 e. The van der Waals surface area contributed by atoms with Crippen LogP contribution in [0.4, 0.5) is 0 Å². The van der Waals surface area contributed by atoms with E-state index in [9.17, 15) is 0 Å². The highest BCUT2D eigenvalue weighted by atomic mass is 15.2. The van der Waals surface area contributed by atoms with E-state index in [0.717, 1.165) is 6.54 Å². The molecule has 0 saturated heterocycles. The average Bonchev–Trinajstić information content (AvgIpc) is 1.91. The van der Waals surface area contributed by atoms with E-state index in [1.165, 1.54) is 25.9 Å². The van der Waals surface area contributed by atoms with E-state index in [2.05, 4.69) is 16.8 Å². The lowest BCUT2D eigenvalue weighted by atomic mass is 10.3. The van der Waals surface area contributed by atoms with Gasteiger partial charge in [0.1, 0.15) is 0 Å². The van der Waals surface area contributed by atoms with Crippen LogP contribution in [0.1, 0.15) is 19.8 Å². The van der Waals surface area contributed by atoms with Crippen LogP contribution in [0.15, 0.2) is 4.99 Å². The first kappa shape index (κ1) is 6.59. The average molecular weight is 126 g/mol. The lowest BCUT2D eigenvalue weighted by Gasteiger charge is -2.21. The molecule has 0 amide bonds. The Balaban J connectivity index is 2.23. The number of rotatable bonds is 2. The van der Waals surface area contributed by atoms with Crippen LogP contribution in [0.2, 0.25) is 0 Å². The summed E-state index contributed by atoms with van der Waals surface area (Å²) >= 11 is 0. The highest BCUT2D eigenvalue weighted by molar-refractivity contribution is 5.55. The second-order valence-electron chi connectivity index (χ2n) is 2.41. The predicted molar refractivity (Wildman–Crippen MR) is 39.8 cm³/mol. The van der Waals surface area contributed by atoms with Gasteiger partial charge in [0.25, 0.3) is 0 Å². The highest BCUT2D eigenvalue weighted by Crippen LogP contribution is 1.96. The maximum absolute atomic E-state index is 4.18. The largest absolute Gasteiger partial charge is 0.363 e. The van der Waals surface area contributed by atoms with Crippen molar-refractivity contribution in [3.63, 3.8) is 0 Å². The van der Waals surface area contributed by atoms with Crippen LogP contribution < -0.4 is 0 Å². The molecule has 1 aliphatic heterocycles. The first-order valence-corrected chi connectivity index (χ1v) is 3.67. The first-order valence-electron chi connectivity index (χ1n) is 3.67. The molecule has 0 aliphatic carbocycles. The Morgan fingerprint density at radius 3 is 3.11 bits per heavy atom. The molecule has 0 saturated carbocycles. The van der Waals surface area contributed by atoms with Crippen molar-refractivity contribution in [2.75, 3.05) is 19.6 Å². The van der Waals surface area contributed by atoms with E-state index in [4.69, 9.17) is 0 Å². The Morgan fingerprint density at radius 2 is 2.56 bits per heavy atom. The van der Waals surface area contributed by atoms with Crippen molar-refractivity contribution in [2.24, 2.45) is 4.99 Å². The quantitative estimate of drug-likeness (QED) is 0.541. The Labute approximate surface area is 56.6 Å². The molecule has 0 bridgehead atoms. The van der Waals surface area contributed by atoms with Gasteiger partial charge in [-0.05, 0) is 12.8 Å². The predicted octanol–water partition coefficient (Wildman–Crippen LogP) is 1.13. The van der Waals surface area contributed by atoms with Crippen molar-refractivity contribution in [1.29, 1.82) is 0 Å². The van der Waals surface area contributed by atoms with Crippen molar-refractivity contribution in [1.82, 2.24) is 4.90 Å². The number of hydrogen-bond donors (Lipinski definition) is 0. The zero-order valence-corrected chi connectivity index (χ0v) is 6.01. The van der Waals surface area contributed by atoms with Gasteiger partial charge < -0.3 is 4.90 Å². The second kappa shape index (κ2) is 3.49. The van der Waals surface area contributed by atoms with E-state index in [1.807, 2.05) is 6.34 Å². The summed E-state index contributed by atoms with van der Waals surface area (Å²) in [5.41, 5.74) is 0. The smallest absolute Gasteiger partial charge is 0.0849 e. The molecule has 0 fully saturated rings. The zero-order valence-electron chi connectivity index (χ0n) is 6.01. The standard InChI is InChI=1S/C7H14N2/c1-2-5-9-6-3-4-8-7-9/h7H,2-6H2,1H3. The van der Waals surface area contributed by atoms with Crippen LogP contribution in [0.3, 0.4) is 0 Å². The summed E-state index contributed by atoms with van der Waals surface area (Å²) in [6.45, 7) is 5.60. The molecule has 0 aromatic heterocycles. The first-order chi connectivity index (χ1) is 4.43. The summed E-state index contributed by atoms with van der Waals surface area (Å²) in [4.78, 5) is 6.46. The zero-order chi connectivity index (χ0) is 6.53. The number of hydrogen-bond acceptors (Lipinski definition) is 2. The minimum Gasteiger partial charge on any atom is -0.363 e. The van der Waals surface area contributed by atoms with Gasteiger partial charge in [-0.15, -0.1) is 0 Å². The van der Waals surface area contributed by atoms with Gasteiger partial charge in [0.15, 0.2) is 0 Å². The molecule has 0 radical (unpaired) electrons. The molecule has 2 nitrogen and oxygen atoms in total. The summed E-state index contributed by atoms with van der Waals surface area (Å²) in [5, 5.41) is 0. The van der Waals surface area contributed by atoms with Crippen LogP contribution in [-0.2, 0) is 0 Å². The van der Waals surface area contributed by atoms with E-state index in [0.29, 0.717) is 0 Å². The molecule has 0 spiro atoms. The third kappa shape index (κ3) is 2.04. The van der Waals surface area contributed by atoms with Crippen LogP contribution in [0.25, 0.3) is 0 Å². The van der Waals surface area contributed by atoms with Gasteiger partial charge in [-0.1, -0.05) is 6.92 Å². The molecule has 0 aromatic carbocycles. The molecule has 0 N–H and O–H groups in total. The monoisotopic (exact) mass is 126 g/mol. The van der Waals surface area contributed by atoms with Crippen LogP contribution in [-0.4, -0.2) is 30.9 Å². The van der Waals surface area contributed by atoms with E-state index in [-0.39, 0.29) is 0 Å². The van der Waals surface area contributed by atoms with Gasteiger partial charge in [0, 0.05) is 19.6 Å².